The Hall–Kier alpha value is -2.49. The first kappa shape index (κ1) is 13.9. The highest BCUT2D eigenvalue weighted by Gasteiger charge is 2.10. The topological polar surface area (TPSA) is 55.8 Å². The minimum atomic E-state index is -0.943. The lowest BCUT2D eigenvalue weighted by molar-refractivity contribution is 0.0697. The summed E-state index contributed by atoms with van der Waals surface area (Å²) in [5.74, 6) is 0.389. The molecule has 0 heterocycles. The molecule has 0 atom stereocenters. The van der Waals surface area contributed by atoms with Crippen molar-refractivity contribution in [2.75, 3.05) is 14.2 Å². The number of methoxy groups -OCH3 is 2. The fraction of sp³-hybridized carbons (Fsp3) is 0.188. The summed E-state index contributed by atoms with van der Waals surface area (Å²) in [5, 5.41) is 9.10. The minimum absolute atomic E-state index is 0.257. The Labute approximate surface area is 117 Å². The lowest BCUT2D eigenvalue weighted by atomic mass is 9.97. The molecule has 2 aromatic carbocycles. The Bertz CT molecular complexity index is 625. The molecule has 0 radical (unpaired) electrons. The summed E-state index contributed by atoms with van der Waals surface area (Å²) in [7, 11) is 3.16. The number of benzene rings is 2. The largest absolute Gasteiger partial charge is 0.497 e. The summed E-state index contributed by atoms with van der Waals surface area (Å²) in [6.07, 6.45) is 0. The number of carboxylic acids is 1. The second-order valence-corrected chi connectivity index (χ2v) is 4.44. The van der Waals surface area contributed by atoms with Crippen LogP contribution in [0.2, 0.25) is 0 Å². The van der Waals surface area contributed by atoms with E-state index in [0.29, 0.717) is 11.5 Å². The molecule has 0 saturated carbocycles. The molecule has 0 amide bonds. The Morgan fingerprint density at radius 1 is 1.00 bits per heavy atom. The number of hydrogen-bond donors (Lipinski definition) is 1. The smallest absolute Gasteiger partial charge is 0.335 e. The zero-order valence-corrected chi connectivity index (χ0v) is 11.6. The maximum Gasteiger partial charge on any atom is 0.335 e. The van der Waals surface area contributed by atoms with Gasteiger partial charge in [-0.15, -0.1) is 0 Å². The molecule has 0 unspecified atom stereocenters. The highest BCUT2D eigenvalue weighted by molar-refractivity contribution is 5.90. The molecule has 2 rings (SSSR count). The second-order valence-electron chi connectivity index (χ2n) is 4.44. The van der Waals surface area contributed by atoms with E-state index in [-0.39, 0.29) is 5.56 Å². The number of carboxylic acid groups (broad SMARTS) is 1. The average molecular weight is 272 g/mol. The van der Waals surface area contributed by atoms with Gasteiger partial charge in [0.05, 0.1) is 19.8 Å². The van der Waals surface area contributed by atoms with Gasteiger partial charge >= 0.3 is 5.97 Å². The van der Waals surface area contributed by atoms with E-state index in [2.05, 4.69) is 0 Å². The Balaban J connectivity index is 2.60. The predicted molar refractivity (Wildman–Crippen MR) is 76.7 cm³/mol. The highest BCUT2D eigenvalue weighted by Crippen LogP contribution is 2.32. The van der Waals surface area contributed by atoms with Gasteiger partial charge in [0, 0.05) is 6.07 Å². The molecule has 1 N–H and O–H groups in total. The fourth-order valence-corrected chi connectivity index (χ4v) is 2.03. The molecule has 0 saturated heterocycles. The van der Waals surface area contributed by atoms with Crippen LogP contribution in [0, 0.1) is 6.92 Å². The van der Waals surface area contributed by atoms with E-state index in [1.165, 1.54) is 0 Å². The number of aryl methyl sites for hydroxylation is 1. The van der Waals surface area contributed by atoms with Crippen molar-refractivity contribution in [2.45, 2.75) is 6.92 Å². The van der Waals surface area contributed by atoms with Crippen LogP contribution < -0.4 is 9.47 Å². The van der Waals surface area contributed by atoms with Crippen LogP contribution in [-0.4, -0.2) is 25.3 Å². The van der Waals surface area contributed by atoms with Crippen molar-refractivity contribution < 1.29 is 19.4 Å². The first-order chi connectivity index (χ1) is 9.55. The standard InChI is InChI=1S/C16H16O4/c1-10-4-5-11(16(17)18)8-15(10)12-6-13(19-2)9-14(7-12)20-3/h4-9H,1-3H3,(H,17,18). The van der Waals surface area contributed by atoms with Crippen molar-refractivity contribution in [3.8, 4) is 22.6 Å². The van der Waals surface area contributed by atoms with E-state index in [9.17, 15) is 4.79 Å². The van der Waals surface area contributed by atoms with Gasteiger partial charge < -0.3 is 14.6 Å². The normalized spacial score (nSPS) is 10.2. The van der Waals surface area contributed by atoms with E-state index in [1.54, 1.807) is 38.5 Å². The summed E-state index contributed by atoms with van der Waals surface area (Å²) in [4.78, 5) is 11.1. The predicted octanol–water partition coefficient (Wildman–Crippen LogP) is 3.38. The molecule has 0 aliphatic rings. The Morgan fingerprint density at radius 3 is 2.10 bits per heavy atom. The van der Waals surface area contributed by atoms with Crippen LogP contribution in [0.15, 0.2) is 36.4 Å². The molecule has 0 bridgehead atoms. The molecule has 0 aliphatic heterocycles. The molecule has 4 heteroatoms. The van der Waals surface area contributed by atoms with E-state index in [1.807, 2.05) is 19.1 Å². The molecular formula is C16H16O4. The van der Waals surface area contributed by atoms with Crippen LogP contribution in [0.3, 0.4) is 0 Å². The van der Waals surface area contributed by atoms with Crippen molar-refractivity contribution in [3.05, 3.63) is 47.5 Å². The SMILES string of the molecule is COc1cc(OC)cc(-c2cc(C(=O)O)ccc2C)c1. The fourth-order valence-electron chi connectivity index (χ4n) is 2.03. The minimum Gasteiger partial charge on any atom is -0.497 e. The summed E-state index contributed by atoms with van der Waals surface area (Å²) < 4.78 is 10.5. The van der Waals surface area contributed by atoms with Gasteiger partial charge in [0.15, 0.2) is 0 Å². The van der Waals surface area contributed by atoms with Crippen molar-refractivity contribution >= 4 is 5.97 Å². The highest BCUT2D eigenvalue weighted by atomic mass is 16.5. The maximum absolute atomic E-state index is 11.1. The monoisotopic (exact) mass is 272 g/mol. The first-order valence-corrected chi connectivity index (χ1v) is 6.12. The van der Waals surface area contributed by atoms with Gasteiger partial charge in [0.1, 0.15) is 11.5 Å². The number of aromatic carboxylic acids is 1. The Kier molecular flexibility index (Phi) is 3.94. The molecule has 104 valence electrons. The van der Waals surface area contributed by atoms with Crippen LogP contribution in [0.4, 0.5) is 0 Å². The maximum atomic E-state index is 11.1. The zero-order chi connectivity index (χ0) is 14.7. The molecule has 2 aromatic rings. The molecule has 20 heavy (non-hydrogen) atoms. The number of carbonyl (C=O) groups is 1. The molecule has 0 fully saturated rings. The van der Waals surface area contributed by atoms with E-state index < -0.39 is 5.97 Å². The number of hydrogen-bond acceptors (Lipinski definition) is 3. The summed E-state index contributed by atoms with van der Waals surface area (Å²) in [6, 6.07) is 10.5. The molecular weight excluding hydrogens is 256 g/mol. The quantitative estimate of drug-likeness (QED) is 0.927. The van der Waals surface area contributed by atoms with Crippen LogP contribution >= 0.6 is 0 Å². The van der Waals surface area contributed by atoms with Gasteiger partial charge in [0.25, 0.3) is 0 Å². The molecule has 0 aliphatic carbocycles. The third-order valence-corrected chi connectivity index (χ3v) is 3.15. The third-order valence-electron chi connectivity index (χ3n) is 3.15. The van der Waals surface area contributed by atoms with Crippen molar-refractivity contribution in [1.29, 1.82) is 0 Å². The lowest BCUT2D eigenvalue weighted by Gasteiger charge is -2.11. The summed E-state index contributed by atoms with van der Waals surface area (Å²) in [5.41, 5.74) is 2.96. The van der Waals surface area contributed by atoms with Crippen LogP contribution in [-0.2, 0) is 0 Å². The molecule has 0 aromatic heterocycles. The zero-order valence-electron chi connectivity index (χ0n) is 11.6. The molecule has 4 nitrogen and oxygen atoms in total. The molecule has 0 spiro atoms. The first-order valence-electron chi connectivity index (χ1n) is 6.12. The van der Waals surface area contributed by atoms with E-state index >= 15 is 0 Å². The van der Waals surface area contributed by atoms with Crippen molar-refractivity contribution in [1.82, 2.24) is 0 Å². The van der Waals surface area contributed by atoms with E-state index in [4.69, 9.17) is 14.6 Å². The Morgan fingerprint density at radius 2 is 1.60 bits per heavy atom. The van der Waals surface area contributed by atoms with Gasteiger partial charge in [-0.2, -0.15) is 0 Å². The lowest BCUT2D eigenvalue weighted by Crippen LogP contribution is -1.97. The van der Waals surface area contributed by atoms with Gasteiger partial charge in [-0.25, -0.2) is 4.79 Å². The van der Waals surface area contributed by atoms with Gasteiger partial charge in [0.2, 0.25) is 0 Å². The van der Waals surface area contributed by atoms with Crippen LogP contribution in [0.25, 0.3) is 11.1 Å². The van der Waals surface area contributed by atoms with Gasteiger partial charge in [-0.05, 0) is 47.9 Å². The third kappa shape index (κ3) is 2.74. The van der Waals surface area contributed by atoms with Gasteiger partial charge in [-0.1, -0.05) is 6.07 Å². The number of ether oxygens (including phenoxy) is 2. The summed E-state index contributed by atoms with van der Waals surface area (Å²) >= 11 is 0. The van der Waals surface area contributed by atoms with Gasteiger partial charge in [-0.3, -0.25) is 0 Å². The average Bonchev–Trinajstić information content (AvgIpc) is 2.46. The number of rotatable bonds is 4. The van der Waals surface area contributed by atoms with Crippen molar-refractivity contribution in [2.24, 2.45) is 0 Å². The van der Waals surface area contributed by atoms with Crippen LogP contribution in [0.5, 0.6) is 11.5 Å². The van der Waals surface area contributed by atoms with E-state index in [0.717, 1.165) is 16.7 Å². The van der Waals surface area contributed by atoms with Crippen molar-refractivity contribution in [3.63, 3.8) is 0 Å². The summed E-state index contributed by atoms with van der Waals surface area (Å²) in [6.45, 7) is 1.94. The van der Waals surface area contributed by atoms with Crippen LogP contribution in [0.1, 0.15) is 15.9 Å². The second kappa shape index (κ2) is 5.65.